The van der Waals surface area contributed by atoms with Crippen LogP contribution in [0.25, 0.3) is 0 Å². The quantitative estimate of drug-likeness (QED) is 0.201. The highest BCUT2D eigenvalue weighted by molar-refractivity contribution is 5.81. The van der Waals surface area contributed by atoms with Gasteiger partial charge in [0.1, 0.15) is 13.2 Å². The van der Waals surface area contributed by atoms with Crippen LogP contribution in [0, 0.1) is 0 Å². The molecular formula is C15H24N4O5. The number of ether oxygens (including phenoxy) is 2. The van der Waals surface area contributed by atoms with Crippen molar-refractivity contribution in [3.63, 3.8) is 0 Å². The topological polar surface area (TPSA) is 118 Å². The molecule has 134 valence electrons. The number of carbonyl (C=O) groups excluding carboxylic acids is 3. The molecule has 0 atom stereocenters. The van der Waals surface area contributed by atoms with Gasteiger partial charge >= 0.3 is 18.0 Å². The summed E-state index contributed by atoms with van der Waals surface area (Å²) in [5.41, 5.74) is 0. The van der Waals surface area contributed by atoms with Gasteiger partial charge in [0, 0.05) is 25.2 Å². The predicted octanol–water partition coefficient (Wildman–Crippen LogP) is -0.606. The highest BCUT2D eigenvalue weighted by Gasteiger charge is 2.00. The van der Waals surface area contributed by atoms with E-state index in [1.165, 1.54) is 0 Å². The van der Waals surface area contributed by atoms with Crippen LogP contribution in [0.15, 0.2) is 37.7 Å². The van der Waals surface area contributed by atoms with Crippen molar-refractivity contribution in [1.82, 2.24) is 21.3 Å². The van der Waals surface area contributed by atoms with Gasteiger partial charge in [-0.1, -0.05) is 19.7 Å². The zero-order valence-electron chi connectivity index (χ0n) is 13.6. The molecule has 0 aliphatic rings. The number of hydrogen-bond acceptors (Lipinski definition) is 7. The first-order valence-electron chi connectivity index (χ1n) is 7.26. The van der Waals surface area contributed by atoms with Gasteiger partial charge in [-0.05, 0) is 0 Å². The number of esters is 2. The van der Waals surface area contributed by atoms with E-state index in [0.29, 0.717) is 25.5 Å². The molecule has 0 saturated heterocycles. The summed E-state index contributed by atoms with van der Waals surface area (Å²) in [4.78, 5) is 32.9. The Labute approximate surface area is 141 Å². The normalized spacial score (nSPS) is 9.17. The lowest BCUT2D eigenvalue weighted by Gasteiger charge is -2.13. The zero-order valence-corrected chi connectivity index (χ0v) is 13.6. The molecule has 0 bridgehead atoms. The number of carbonyl (C=O) groups is 3. The van der Waals surface area contributed by atoms with Gasteiger partial charge in [0.05, 0.1) is 18.9 Å². The second-order valence-corrected chi connectivity index (χ2v) is 4.26. The van der Waals surface area contributed by atoms with Crippen molar-refractivity contribution in [1.29, 1.82) is 0 Å². The maximum absolute atomic E-state index is 11.4. The van der Waals surface area contributed by atoms with Gasteiger partial charge in [0.15, 0.2) is 0 Å². The number of rotatable bonds is 13. The Hall–Kier alpha value is -2.97. The molecule has 0 aliphatic heterocycles. The summed E-state index contributed by atoms with van der Waals surface area (Å²) in [6, 6.07) is -0.374. The Morgan fingerprint density at radius 1 is 0.750 bits per heavy atom. The predicted molar refractivity (Wildman–Crippen MR) is 88.9 cm³/mol. The van der Waals surface area contributed by atoms with E-state index in [4.69, 9.17) is 9.47 Å². The summed E-state index contributed by atoms with van der Waals surface area (Å²) < 4.78 is 9.48. The van der Waals surface area contributed by atoms with Crippen LogP contribution in [0.1, 0.15) is 0 Å². The van der Waals surface area contributed by atoms with E-state index in [-0.39, 0.29) is 25.8 Å². The molecule has 0 aromatic carbocycles. The highest BCUT2D eigenvalue weighted by atomic mass is 16.5. The van der Waals surface area contributed by atoms with E-state index in [0.717, 1.165) is 12.2 Å². The maximum atomic E-state index is 11.4. The lowest BCUT2D eigenvalue weighted by Crippen LogP contribution is -2.41. The van der Waals surface area contributed by atoms with Gasteiger partial charge in [-0.15, -0.1) is 0 Å². The van der Waals surface area contributed by atoms with Crippen molar-refractivity contribution < 1.29 is 23.9 Å². The second-order valence-electron chi connectivity index (χ2n) is 4.26. The average molecular weight is 340 g/mol. The van der Waals surface area contributed by atoms with Gasteiger partial charge in [0.25, 0.3) is 0 Å². The molecule has 0 saturated carbocycles. The fraction of sp³-hybridized carbons (Fsp3) is 0.400. The van der Waals surface area contributed by atoms with E-state index in [2.05, 4.69) is 41.0 Å². The monoisotopic (exact) mass is 340 g/mol. The first kappa shape index (κ1) is 21.0. The molecule has 0 rings (SSSR count). The summed E-state index contributed by atoms with van der Waals surface area (Å²) >= 11 is 0. The molecule has 0 unspecified atom stereocenters. The number of nitrogens with one attached hydrogen (secondary N) is 4. The van der Waals surface area contributed by atoms with Crippen LogP contribution in [0.2, 0.25) is 0 Å². The van der Waals surface area contributed by atoms with Crippen molar-refractivity contribution in [2.24, 2.45) is 0 Å². The van der Waals surface area contributed by atoms with E-state index < -0.39 is 11.9 Å². The van der Waals surface area contributed by atoms with Crippen LogP contribution >= 0.6 is 0 Å². The third-order valence-corrected chi connectivity index (χ3v) is 2.40. The Kier molecular flexibility index (Phi) is 12.0. The van der Waals surface area contributed by atoms with Gasteiger partial charge in [-0.2, -0.15) is 0 Å². The molecule has 0 radical (unpaired) electrons. The largest absolute Gasteiger partial charge is 0.461 e. The van der Waals surface area contributed by atoms with Crippen LogP contribution in [0.3, 0.4) is 0 Å². The van der Waals surface area contributed by atoms with Crippen LogP contribution in [0.4, 0.5) is 4.79 Å². The third kappa shape index (κ3) is 12.7. The molecule has 0 fully saturated rings. The van der Waals surface area contributed by atoms with Gasteiger partial charge in [-0.25, -0.2) is 14.4 Å². The summed E-state index contributed by atoms with van der Waals surface area (Å²) in [6.07, 6.45) is 2.14. The molecule has 24 heavy (non-hydrogen) atoms. The lowest BCUT2D eigenvalue weighted by molar-refractivity contribution is -0.138. The van der Waals surface area contributed by atoms with Crippen molar-refractivity contribution in [3.8, 4) is 0 Å². The SMILES string of the molecule is C=CC(=O)OCCNC(=C)NCCNC(=O)NCCOC(=O)C=C. The van der Waals surface area contributed by atoms with E-state index in [1.54, 1.807) is 0 Å². The van der Waals surface area contributed by atoms with Crippen molar-refractivity contribution in [2.45, 2.75) is 0 Å². The second kappa shape index (κ2) is 13.7. The van der Waals surface area contributed by atoms with Crippen LogP contribution in [-0.2, 0) is 19.1 Å². The molecule has 2 amide bonds. The Morgan fingerprint density at radius 2 is 1.17 bits per heavy atom. The Balaban J connectivity index is 3.50. The average Bonchev–Trinajstić information content (AvgIpc) is 2.58. The number of amides is 2. The molecular weight excluding hydrogens is 316 g/mol. The first-order chi connectivity index (χ1) is 11.5. The van der Waals surface area contributed by atoms with Crippen molar-refractivity contribution in [3.05, 3.63) is 37.7 Å². The van der Waals surface area contributed by atoms with E-state index >= 15 is 0 Å². The smallest absolute Gasteiger partial charge is 0.330 e. The minimum atomic E-state index is -0.535. The van der Waals surface area contributed by atoms with Gasteiger partial charge < -0.3 is 30.7 Å². The zero-order chi connectivity index (χ0) is 18.2. The molecule has 4 N–H and O–H groups in total. The fourth-order valence-electron chi connectivity index (χ4n) is 1.30. The molecule has 0 aromatic rings. The van der Waals surface area contributed by atoms with Crippen molar-refractivity contribution in [2.75, 3.05) is 39.4 Å². The molecule has 0 aromatic heterocycles. The summed E-state index contributed by atoms with van der Waals surface area (Å²) in [7, 11) is 0. The van der Waals surface area contributed by atoms with Gasteiger partial charge in [-0.3, -0.25) is 0 Å². The third-order valence-electron chi connectivity index (χ3n) is 2.40. The number of hydrogen-bond donors (Lipinski definition) is 4. The van der Waals surface area contributed by atoms with Gasteiger partial charge in [0.2, 0.25) is 0 Å². The molecule has 9 nitrogen and oxygen atoms in total. The van der Waals surface area contributed by atoms with Crippen LogP contribution in [0.5, 0.6) is 0 Å². The Morgan fingerprint density at radius 3 is 1.71 bits per heavy atom. The van der Waals surface area contributed by atoms with Crippen LogP contribution in [-0.4, -0.2) is 57.4 Å². The fourth-order valence-corrected chi connectivity index (χ4v) is 1.30. The highest BCUT2D eigenvalue weighted by Crippen LogP contribution is 1.81. The minimum absolute atomic E-state index is 0.0771. The number of urea groups is 1. The standard InChI is InChI=1S/C15H24N4O5/c1-4-13(20)23-10-8-17-12(3)16-6-7-18-15(22)19-9-11-24-14(21)5-2/h4-5,16-17H,1-3,6-11H2,(H2,18,19,22). The molecule has 0 heterocycles. The lowest BCUT2D eigenvalue weighted by atomic mass is 10.5. The van der Waals surface area contributed by atoms with Crippen molar-refractivity contribution >= 4 is 18.0 Å². The summed E-state index contributed by atoms with van der Waals surface area (Å²) in [5.74, 6) is -0.472. The molecule has 0 aliphatic carbocycles. The molecule has 9 heteroatoms. The van der Waals surface area contributed by atoms with E-state index in [1.807, 2.05) is 0 Å². The minimum Gasteiger partial charge on any atom is -0.461 e. The van der Waals surface area contributed by atoms with Crippen LogP contribution < -0.4 is 21.3 Å². The summed E-state index contributed by atoms with van der Waals surface area (Å²) in [6.45, 7) is 12.0. The van der Waals surface area contributed by atoms with E-state index in [9.17, 15) is 14.4 Å². The molecule has 0 spiro atoms. The summed E-state index contributed by atoms with van der Waals surface area (Å²) in [5, 5.41) is 11.0. The Bertz CT molecular complexity index is 423. The first-order valence-corrected chi connectivity index (χ1v) is 7.26. The maximum Gasteiger partial charge on any atom is 0.330 e.